The summed E-state index contributed by atoms with van der Waals surface area (Å²) in [4.78, 5) is 12.7. The van der Waals surface area contributed by atoms with Crippen LogP contribution in [0.5, 0.6) is 0 Å². The van der Waals surface area contributed by atoms with Gasteiger partial charge in [-0.05, 0) is 50.8 Å². The van der Waals surface area contributed by atoms with Gasteiger partial charge in [0.05, 0.1) is 0 Å². The summed E-state index contributed by atoms with van der Waals surface area (Å²) in [5, 5.41) is 6.33. The summed E-state index contributed by atoms with van der Waals surface area (Å²) in [6, 6.07) is 0. The molecule has 2 aliphatic heterocycles. The van der Waals surface area contributed by atoms with Crippen LogP contribution in [-0.4, -0.2) is 19.0 Å². The zero-order valence-electron chi connectivity index (χ0n) is 14.5. The number of hydrogen-bond acceptors (Lipinski definition) is 3. The van der Waals surface area contributed by atoms with E-state index in [2.05, 4.69) is 41.5 Å². The van der Waals surface area contributed by atoms with Gasteiger partial charge in [0.25, 0.3) is 0 Å². The van der Waals surface area contributed by atoms with Gasteiger partial charge < -0.3 is 10.1 Å². The molecule has 4 heteroatoms. The van der Waals surface area contributed by atoms with Crippen LogP contribution in [0.15, 0.2) is 53.3 Å². The Morgan fingerprint density at radius 1 is 1.46 bits per heavy atom. The Kier molecular flexibility index (Phi) is 5.08. The Morgan fingerprint density at radius 3 is 2.96 bits per heavy atom. The second-order valence-corrected chi connectivity index (χ2v) is 7.09. The maximum Gasteiger partial charge on any atom is 0.227 e. The number of rotatable bonds is 4. The van der Waals surface area contributed by atoms with Crippen LogP contribution in [-0.2, 0) is 9.53 Å². The molecule has 0 spiro atoms. The lowest BCUT2D eigenvalue weighted by molar-refractivity contribution is -0.123. The summed E-state index contributed by atoms with van der Waals surface area (Å²) in [6.07, 6.45) is 13.5. The number of nitrogens with one attached hydrogen (secondary N) is 2. The molecule has 1 atom stereocenters. The van der Waals surface area contributed by atoms with Gasteiger partial charge in [-0.2, -0.15) is 0 Å². The second-order valence-electron chi connectivity index (χ2n) is 7.09. The Morgan fingerprint density at radius 2 is 2.25 bits per heavy atom. The van der Waals surface area contributed by atoms with E-state index in [-0.39, 0.29) is 11.3 Å². The Bertz CT molecular complexity index is 657. The van der Waals surface area contributed by atoms with Crippen LogP contribution in [0, 0.1) is 11.3 Å². The molecule has 1 unspecified atom stereocenters. The molecular formula is C20H26N2O2. The number of ether oxygens (including phenoxy) is 1. The molecule has 128 valence electrons. The number of amides is 1. The quantitative estimate of drug-likeness (QED) is 0.779. The van der Waals surface area contributed by atoms with E-state index >= 15 is 0 Å². The fourth-order valence-electron chi connectivity index (χ4n) is 3.77. The van der Waals surface area contributed by atoms with Crippen LogP contribution in [0.25, 0.3) is 0 Å². The van der Waals surface area contributed by atoms with Gasteiger partial charge in [0.15, 0.2) is 0 Å². The standard InChI is InChI=1S/C20H26N2O2/c1-15-4-3-5-17(12-15)20(7-9-21-10-8-20)14-18(23)22-19-13-16(2)6-11-24-19/h3-5,11,13,15,21H,7-10,12,14H2,1-2H3,(H,22,23). The molecule has 3 aliphatic rings. The summed E-state index contributed by atoms with van der Waals surface area (Å²) in [5.74, 6) is 1.06. The molecule has 0 bridgehead atoms. The van der Waals surface area contributed by atoms with Crippen LogP contribution in [0.3, 0.4) is 0 Å². The normalized spacial score (nSPS) is 25.2. The van der Waals surface area contributed by atoms with Crippen molar-refractivity contribution in [3.63, 3.8) is 0 Å². The molecule has 2 N–H and O–H groups in total. The first-order valence-electron chi connectivity index (χ1n) is 8.76. The summed E-state index contributed by atoms with van der Waals surface area (Å²) in [6.45, 7) is 6.10. The van der Waals surface area contributed by atoms with Crippen molar-refractivity contribution < 1.29 is 9.53 Å². The van der Waals surface area contributed by atoms with Gasteiger partial charge in [-0.15, -0.1) is 0 Å². The zero-order valence-corrected chi connectivity index (χ0v) is 14.5. The van der Waals surface area contributed by atoms with E-state index in [1.165, 1.54) is 11.8 Å². The molecule has 1 saturated heterocycles. The highest BCUT2D eigenvalue weighted by Gasteiger charge is 2.38. The van der Waals surface area contributed by atoms with Gasteiger partial charge in [0, 0.05) is 17.9 Å². The molecule has 0 aromatic rings. The van der Waals surface area contributed by atoms with E-state index in [0.717, 1.165) is 37.9 Å². The van der Waals surface area contributed by atoms with Crippen molar-refractivity contribution in [2.75, 3.05) is 13.1 Å². The molecule has 3 rings (SSSR count). The van der Waals surface area contributed by atoms with E-state index in [4.69, 9.17) is 4.74 Å². The van der Waals surface area contributed by atoms with Crippen LogP contribution >= 0.6 is 0 Å². The Hall–Kier alpha value is -2.03. The third-order valence-corrected chi connectivity index (χ3v) is 5.10. The number of hydrogen-bond donors (Lipinski definition) is 2. The van der Waals surface area contributed by atoms with Crippen molar-refractivity contribution in [1.29, 1.82) is 0 Å². The summed E-state index contributed by atoms with van der Waals surface area (Å²) >= 11 is 0. The maximum absolute atomic E-state index is 12.7. The monoisotopic (exact) mass is 326 g/mol. The first-order chi connectivity index (χ1) is 11.6. The Balaban J connectivity index is 1.73. The van der Waals surface area contributed by atoms with Crippen molar-refractivity contribution in [2.45, 2.75) is 39.5 Å². The van der Waals surface area contributed by atoms with Gasteiger partial charge in [-0.3, -0.25) is 10.1 Å². The average molecular weight is 326 g/mol. The number of carbonyl (C=O) groups excluding carboxylic acids is 1. The van der Waals surface area contributed by atoms with Crippen LogP contribution < -0.4 is 10.6 Å². The first kappa shape index (κ1) is 16.8. The molecule has 24 heavy (non-hydrogen) atoms. The van der Waals surface area contributed by atoms with E-state index in [0.29, 0.717) is 18.2 Å². The largest absolute Gasteiger partial charge is 0.440 e. The van der Waals surface area contributed by atoms with Gasteiger partial charge in [-0.1, -0.05) is 36.5 Å². The molecular weight excluding hydrogens is 300 g/mol. The van der Waals surface area contributed by atoms with Crippen molar-refractivity contribution in [3.8, 4) is 0 Å². The van der Waals surface area contributed by atoms with Crippen LogP contribution in [0.1, 0.15) is 39.5 Å². The minimum absolute atomic E-state index is 0.0226. The molecule has 0 aromatic heterocycles. The van der Waals surface area contributed by atoms with Crippen LogP contribution in [0.4, 0.5) is 0 Å². The average Bonchev–Trinajstić information content (AvgIpc) is 2.55. The minimum Gasteiger partial charge on any atom is -0.440 e. The smallest absolute Gasteiger partial charge is 0.227 e. The van der Waals surface area contributed by atoms with E-state index in [9.17, 15) is 4.79 Å². The molecule has 1 amide bonds. The number of piperidine rings is 1. The lowest BCUT2D eigenvalue weighted by Crippen LogP contribution is -2.42. The van der Waals surface area contributed by atoms with Crippen molar-refractivity contribution in [2.24, 2.45) is 11.3 Å². The highest BCUT2D eigenvalue weighted by molar-refractivity contribution is 5.79. The fraction of sp³-hybridized carbons (Fsp3) is 0.500. The molecule has 0 saturated carbocycles. The predicted octanol–water partition coefficient (Wildman–Crippen LogP) is 3.32. The molecule has 2 heterocycles. The minimum atomic E-state index is -0.0374. The lowest BCUT2D eigenvalue weighted by Gasteiger charge is -2.41. The third kappa shape index (κ3) is 3.89. The molecule has 0 radical (unpaired) electrons. The molecule has 0 aromatic carbocycles. The van der Waals surface area contributed by atoms with Gasteiger partial charge in [-0.25, -0.2) is 0 Å². The first-order valence-corrected chi connectivity index (χ1v) is 8.76. The van der Waals surface area contributed by atoms with Crippen molar-refractivity contribution in [1.82, 2.24) is 10.6 Å². The predicted molar refractivity (Wildman–Crippen MR) is 94.7 cm³/mol. The van der Waals surface area contributed by atoms with E-state index in [1.807, 2.05) is 6.92 Å². The van der Waals surface area contributed by atoms with Crippen LogP contribution in [0.2, 0.25) is 0 Å². The summed E-state index contributed by atoms with van der Waals surface area (Å²) in [5.41, 5.74) is 5.28. The zero-order chi connectivity index (χ0) is 17.0. The summed E-state index contributed by atoms with van der Waals surface area (Å²) in [7, 11) is 0. The third-order valence-electron chi connectivity index (χ3n) is 5.10. The van der Waals surface area contributed by atoms with Crippen molar-refractivity contribution >= 4 is 5.91 Å². The van der Waals surface area contributed by atoms with E-state index in [1.54, 1.807) is 6.08 Å². The SMILES string of the molecule is CC1=C=COC(NC(=O)CC2(C3=CC=CC(C)C3)CCNCC2)=C1. The lowest BCUT2D eigenvalue weighted by atomic mass is 9.67. The van der Waals surface area contributed by atoms with Crippen molar-refractivity contribution in [3.05, 3.63) is 53.3 Å². The molecule has 1 aliphatic carbocycles. The summed E-state index contributed by atoms with van der Waals surface area (Å²) < 4.78 is 5.34. The fourth-order valence-corrected chi connectivity index (χ4v) is 3.77. The topological polar surface area (TPSA) is 50.4 Å². The van der Waals surface area contributed by atoms with E-state index < -0.39 is 0 Å². The Labute approximate surface area is 144 Å². The highest BCUT2D eigenvalue weighted by atomic mass is 16.5. The van der Waals surface area contributed by atoms with Gasteiger partial charge in [0.2, 0.25) is 11.8 Å². The van der Waals surface area contributed by atoms with Gasteiger partial charge in [0.1, 0.15) is 6.26 Å². The highest BCUT2D eigenvalue weighted by Crippen LogP contribution is 2.44. The molecule has 1 fully saturated rings. The number of carbonyl (C=O) groups is 1. The maximum atomic E-state index is 12.7. The number of allylic oxidation sites excluding steroid dienone is 6. The van der Waals surface area contributed by atoms with Gasteiger partial charge >= 0.3 is 0 Å². The second kappa shape index (κ2) is 7.25. The molecule has 4 nitrogen and oxygen atoms in total.